The van der Waals surface area contributed by atoms with Gasteiger partial charge < -0.3 is 10.2 Å². The second kappa shape index (κ2) is 6.39. The van der Waals surface area contributed by atoms with Gasteiger partial charge in [-0.1, -0.05) is 0 Å². The lowest BCUT2D eigenvalue weighted by Crippen LogP contribution is -2.29. The fourth-order valence-electron chi connectivity index (χ4n) is 2.85. The number of amides is 1. The number of carbonyl (C=O) groups is 1. The molecule has 0 spiro atoms. The molecule has 0 atom stereocenters. The van der Waals surface area contributed by atoms with Gasteiger partial charge in [0.25, 0.3) is 11.7 Å². The fraction of sp³-hybridized carbons (Fsp3) is 0.600. The van der Waals surface area contributed by atoms with Crippen LogP contribution < -0.4 is 5.32 Å². The summed E-state index contributed by atoms with van der Waals surface area (Å²) in [4.78, 5) is 23.1. The van der Waals surface area contributed by atoms with E-state index >= 15 is 0 Å². The van der Waals surface area contributed by atoms with Gasteiger partial charge in [-0.15, -0.1) is 5.10 Å². The number of fused-ring (bicyclic) bond motifs is 1. The molecule has 7 nitrogen and oxygen atoms in total. The van der Waals surface area contributed by atoms with Crippen molar-refractivity contribution >= 4 is 11.7 Å². The van der Waals surface area contributed by atoms with Crippen molar-refractivity contribution in [2.45, 2.75) is 33.1 Å². The molecular formula is C15H22N6O. The van der Waals surface area contributed by atoms with Crippen molar-refractivity contribution in [2.24, 2.45) is 0 Å². The van der Waals surface area contributed by atoms with Crippen LogP contribution in [-0.2, 0) is 0 Å². The lowest BCUT2D eigenvalue weighted by Gasteiger charge is -2.13. The average molecular weight is 302 g/mol. The molecule has 1 amide bonds. The number of likely N-dealkylation sites (tertiary alicyclic amines) is 1. The van der Waals surface area contributed by atoms with Crippen molar-refractivity contribution in [2.75, 3.05) is 26.2 Å². The Kier molecular flexibility index (Phi) is 4.33. The third kappa shape index (κ3) is 3.24. The molecule has 1 N–H and O–H groups in total. The van der Waals surface area contributed by atoms with Crippen molar-refractivity contribution in [3.05, 3.63) is 23.3 Å². The summed E-state index contributed by atoms with van der Waals surface area (Å²) in [5.41, 5.74) is 1.79. The summed E-state index contributed by atoms with van der Waals surface area (Å²) in [5, 5.41) is 7.12. The molecule has 118 valence electrons. The van der Waals surface area contributed by atoms with Gasteiger partial charge in [0.05, 0.1) is 0 Å². The first-order valence-corrected chi connectivity index (χ1v) is 7.85. The zero-order chi connectivity index (χ0) is 15.5. The number of nitrogens with zero attached hydrogens (tertiary/aromatic N) is 5. The van der Waals surface area contributed by atoms with Crippen LogP contribution in [0.25, 0.3) is 5.78 Å². The Balaban J connectivity index is 1.56. The minimum atomic E-state index is -0.232. The van der Waals surface area contributed by atoms with Gasteiger partial charge >= 0.3 is 0 Å². The smallest absolute Gasteiger partial charge is 0.291 e. The first kappa shape index (κ1) is 14.9. The third-order valence-corrected chi connectivity index (χ3v) is 3.96. The van der Waals surface area contributed by atoms with Crippen LogP contribution in [0.2, 0.25) is 0 Å². The SMILES string of the molecule is Cc1cc(C)n2nc(C(=O)NCCCN3CCCC3)nc2n1. The Hall–Kier alpha value is -2.02. The highest BCUT2D eigenvalue weighted by Gasteiger charge is 2.15. The van der Waals surface area contributed by atoms with Gasteiger partial charge in [0.15, 0.2) is 0 Å². The van der Waals surface area contributed by atoms with E-state index in [1.165, 1.54) is 25.9 Å². The summed E-state index contributed by atoms with van der Waals surface area (Å²) in [6.07, 6.45) is 3.54. The maximum absolute atomic E-state index is 12.1. The number of rotatable bonds is 5. The Morgan fingerprint density at radius 3 is 2.82 bits per heavy atom. The number of carbonyl (C=O) groups excluding carboxylic acids is 1. The lowest BCUT2D eigenvalue weighted by atomic mass is 10.4. The summed E-state index contributed by atoms with van der Waals surface area (Å²) >= 11 is 0. The van der Waals surface area contributed by atoms with E-state index in [4.69, 9.17) is 0 Å². The molecule has 0 saturated carbocycles. The number of aromatic nitrogens is 4. The molecule has 0 aromatic carbocycles. The largest absolute Gasteiger partial charge is 0.349 e. The number of nitrogens with one attached hydrogen (secondary N) is 1. The van der Waals surface area contributed by atoms with Crippen LogP contribution in [0.15, 0.2) is 6.07 Å². The van der Waals surface area contributed by atoms with Gasteiger partial charge in [0.1, 0.15) is 0 Å². The Morgan fingerprint density at radius 1 is 1.27 bits per heavy atom. The highest BCUT2D eigenvalue weighted by molar-refractivity contribution is 5.90. The van der Waals surface area contributed by atoms with E-state index in [9.17, 15) is 4.79 Å². The van der Waals surface area contributed by atoms with Crippen LogP contribution >= 0.6 is 0 Å². The van der Waals surface area contributed by atoms with E-state index in [1.807, 2.05) is 19.9 Å². The molecule has 1 aliphatic heterocycles. The molecule has 2 aromatic heterocycles. The van der Waals surface area contributed by atoms with Gasteiger partial charge in [-0.05, 0) is 58.8 Å². The predicted molar refractivity (Wildman–Crippen MR) is 82.9 cm³/mol. The molecule has 1 aliphatic rings. The quantitative estimate of drug-likeness (QED) is 0.833. The monoisotopic (exact) mass is 302 g/mol. The molecule has 1 saturated heterocycles. The minimum Gasteiger partial charge on any atom is -0.349 e. The maximum Gasteiger partial charge on any atom is 0.291 e. The third-order valence-electron chi connectivity index (χ3n) is 3.96. The normalized spacial score (nSPS) is 15.5. The highest BCUT2D eigenvalue weighted by atomic mass is 16.2. The van der Waals surface area contributed by atoms with E-state index in [2.05, 4.69) is 25.3 Å². The van der Waals surface area contributed by atoms with E-state index in [0.717, 1.165) is 24.4 Å². The van der Waals surface area contributed by atoms with E-state index in [0.29, 0.717) is 12.3 Å². The predicted octanol–water partition coefficient (Wildman–Crippen LogP) is 0.957. The summed E-state index contributed by atoms with van der Waals surface area (Å²) in [6.45, 7) is 7.89. The first-order chi connectivity index (χ1) is 10.6. The van der Waals surface area contributed by atoms with Crippen molar-refractivity contribution in [1.29, 1.82) is 0 Å². The number of aryl methyl sites for hydroxylation is 2. The summed E-state index contributed by atoms with van der Waals surface area (Å²) in [6, 6.07) is 1.92. The second-order valence-corrected chi connectivity index (χ2v) is 5.84. The lowest BCUT2D eigenvalue weighted by molar-refractivity contribution is 0.0942. The Bertz CT molecular complexity index is 674. The molecule has 0 radical (unpaired) electrons. The van der Waals surface area contributed by atoms with Crippen molar-refractivity contribution < 1.29 is 4.79 Å². The molecule has 3 rings (SSSR count). The molecule has 22 heavy (non-hydrogen) atoms. The molecular weight excluding hydrogens is 280 g/mol. The topological polar surface area (TPSA) is 75.4 Å². The van der Waals surface area contributed by atoms with E-state index < -0.39 is 0 Å². The number of hydrogen-bond acceptors (Lipinski definition) is 5. The van der Waals surface area contributed by atoms with Crippen LogP contribution in [-0.4, -0.2) is 56.6 Å². The molecule has 0 unspecified atom stereocenters. The first-order valence-electron chi connectivity index (χ1n) is 7.85. The van der Waals surface area contributed by atoms with Crippen LogP contribution in [0.1, 0.15) is 41.3 Å². The summed E-state index contributed by atoms with van der Waals surface area (Å²) in [5.74, 6) is 0.422. The molecule has 1 fully saturated rings. The second-order valence-electron chi connectivity index (χ2n) is 5.84. The standard InChI is InChI=1S/C15H22N6O/c1-11-10-12(2)21-15(17-11)18-13(19-21)14(22)16-6-5-9-20-7-3-4-8-20/h10H,3-9H2,1-2H3,(H,16,22). The molecule has 2 aromatic rings. The van der Waals surface area contributed by atoms with Gasteiger partial charge in [0.2, 0.25) is 5.82 Å². The Labute approximate surface area is 129 Å². The molecule has 0 aliphatic carbocycles. The van der Waals surface area contributed by atoms with Crippen LogP contribution in [0.5, 0.6) is 0 Å². The van der Waals surface area contributed by atoms with Crippen LogP contribution in [0.3, 0.4) is 0 Å². The van der Waals surface area contributed by atoms with Crippen molar-refractivity contribution in [1.82, 2.24) is 29.8 Å². The molecule has 7 heteroatoms. The Morgan fingerprint density at radius 2 is 2.05 bits per heavy atom. The van der Waals surface area contributed by atoms with Gasteiger partial charge in [0, 0.05) is 17.9 Å². The maximum atomic E-state index is 12.1. The van der Waals surface area contributed by atoms with E-state index in [-0.39, 0.29) is 11.7 Å². The zero-order valence-electron chi connectivity index (χ0n) is 13.2. The molecule has 3 heterocycles. The number of hydrogen-bond donors (Lipinski definition) is 1. The zero-order valence-corrected chi connectivity index (χ0v) is 13.2. The summed E-state index contributed by atoms with van der Waals surface area (Å²) in [7, 11) is 0. The van der Waals surface area contributed by atoms with Crippen molar-refractivity contribution in [3.63, 3.8) is 0 Å². The van der Waals surface area contributed by atoms with Crippen LogP contribution in [0, 0.1) is 13.8 Å². The van der Waals surface area contributed by atoms with E-state index in [1.54, 1.807) is 4.52 Å². The van der Waals surface area contributed by atoms with Gasteiger partial charge in [-0.25, -0.2) is 9.50 Å². The minimum absolute atomic E-state index is 0.183. The molecule has 0 bridgehead atoms. The van der Waals surface area contributed by atoms with Gasteiger partial charge in [-0.3, -0.25) is 4.79 Å². The average Bonchev–Trinajstić information content (AvgIpc) is 3.12. The van der Waals surface area contributed by atoms with Crippen molar-refractivity contribution in [3.8, 4) is 0 Å². The highest BCUT2D eigenvalue weighted by Crippen LogP contribution is 2.07. The summed E-state index contributed by atoms with van der Waals surface area (Å²) < 4.78 is 1.60. The van der Waals surface area contributed by atoms with Gasteiger partial charge in [-0.2, -0.15) is 4.98 Å². The van der Waals surface area contributed by atoms with Crippen LogP contribution in [0.4, 0.5) is 0 Å². The fourth-order valence-corrected chi connectivity index (χ4v) is 2.85.